The first-order chi connectivity index (χ1) is 14.9. The summed E-state index contributed by atoms with van der Waals surface area (Å²) in [5.74, 6) is -0.267. The van der Waals surface area contributed by atoms with E-state index >= 15 is 0 Å². The molecule has 2 heterocycles. The quantitative estimate of drug-likeness (QED) is 0.313. The normalized spacial score (nSPS) is 10.8. The second-order valence-corrected chi connectivity index (χ2v) is 8.37. The number of amides is 1. The number of hydrogen-bond donors (Lipinski definition) is 1. The van der Waals surface area contributed by atoms with Crippen molar-refractivity contribution in [2.24, 2.45) is 0 Å². The van der Waals surface area contributed by atoms with E-state index in [0.29, 0.717) is 11.4 Å². The van der Waals surface area contributed by atoms with Crippen molar-refractivity contribution >= 4 is 50.2 Å². The highest BCUT2D eigenvalue weighted by Crippen LogP contribution is 2.36. The van der Waals surface area contributed by atoms with E-state index < -0.39 is 10.8 Å². The molecule has 2 aromatic heterocycles. The molecule has 1 N–H and O–H groups in total. The fraction of sp³-hybridized carbons (Fsp3) is 0.150. The topological polar surface area (TPSA) is 116 Å². The molecular weight excluding hydrogens is 440 g/mol. The Bertz CT molecular complexity index is 1270. The molecule has 158 valence electrons. The zero-order chi connectivity index (χ0) is 22.0. The Morgan fingerprint density at radius 1 is 1.26 bits per heavy atom. The number of hydrogen-bond acceptors (Lipinski definition) is 9. The van der Waals surface area contributed by atoms with Crippen LogP contribution in [-0.4, -0.2) is 27.9 Å². The van der Waals surface area contributed by atoms with Crippen LogP contribution >= 0.6 is 22.7 Å². The minimum atomic E-state index is -0.628. The van der Waals surface area contributed by atoms with E-state index in [9.17, 15) is 14.9 Å². The number of carbonyl (C=O) groups excluding carboxylic acids is 1. The maximum absolute atomic E-state index is 12.9. The van der Waals surface area contributed by atoms with Gasteiger partial charge < -0.3 is 14.8 Å². The lowest BCUT2D eigenvalue weighted by molar-refractivity contribution is -0.385. The average molecular weight is 457 g/mol. The average Bonchev–Trinajstić information content (AvgIpc) is 3.39. The first-order valence-corrected chi connectivity index (χ1v) is 10.8. The number of nitrogens with one attached hydrogen (secondary N) is 1. The molecular formula is C20H16N4O5S2. The third kappa shape index (κ3) is 4.47. The lowest BCUT2D eigenvalue weighted by atomic mass is 10.1. The highest BCUT2D eigenvalue weighted by Gasteiger charge is 2.25. The lowest BCUT2D eigenvalue weighted by Crippen LogP contribution is -2.14. The summed E-state index contributed by atoms with van der Waals surface area (Å²) < 4.78 is 11.9. The number of fused-ring (bicyclic) bond motifs is 1. The van der Waals surface area contributed by atoms with Crippen LogP contribution in [0, 0.1) is 17.0 Å². The van der Waals surface area contributed by atoms with Crippen LogP contribution in [0.2, 0.25) is 0 Å². The lowest BCUT2D eigenvalue weighted by Gasteiger charge is -2.12. The molecule has 4 aromatic rings. The van der Waals surface area contributed by atoms with Crippen molar-refractivity contribution < 1.29 is 19.2 Å². The van der Waals surface area contributed by atoms with Crippen LogP contribution in [-0.2, 0) is 6.61 Å². The summed E-state index contributed by atoms with van der Waals surface area (Å²) >= 11 is 2.91. The summed E-state index contributed by atoms with van der Waals surface area (Å²) in [6.45, 7) is 2.02. The smallest absolute Gasteiger partial charge is 0.286 e. The number of nitrogens with zero attached hydrogens (tertiary/aromatic N) is 3. The highest BCUT2D eigenvalue weighted by molar-refractivity contribution is 7.18. The van der Waals surface area contributed by atoms with E-state index in [-0.39, 0.29) is 29.4 Å². The van der Waals surface area contributed by atoms with Gasteiger partial charge in [0.1, 0.15) is 12.2 Å². The van der Waals surface area contributed by atoms with Crippen molar-refractivity contribution in [3.63, 3.8) is 0 Å². The van der Waals surface area contributed by atoms with Crippen molar-refractivity contribution in [1.82, 2.24) is 9.97 Å². The number of thiazole rings is 2. The van der Waals surface area contributed by atoms with Crippen molar-refractivity contribution in [3.05, 3.63) is 67.6 Å². The summed E-state index contributed by atoms with van der Waals surface area (Å²) in [4.78, 5) is 32.4. The second kappa shape index (κ2) is 8.66. The van der Waals surface area contributed by atoms with Gasteiger partial charge in [0.2, 0.25) is 0 Å². The number of methoxy groups -OCH3 is 1. The van der Waals surface area contributed by atoms with Crippen molar-refractivity contribution in [3.8, 4) is 11.5 Å². The highest BCUT2D eigenvalue weighted by atomic mass is 32.1. The number of nitro groups is 1. The van der Waals surface area contributed by atoms with Crippen LogP contribution in [0.1, 0.15) is 21.1 Å². The van der Waals surface area contributed by atoms with Gasteiger partial charge in [-0.25, -0.2) is 9.97 Å². The summed E-state index contributed by atoms with van der Waals surface area (Å²) in [5, 5.41) is 17.1. The van der Waals surface area contributed by atoms with Gasteiger partial charge in [-0.2, -0.15) is 0 Å². The Balaban J connectivity index is 1.63. The van der Waals surface area contributed by atoms with E-state index in [2.05, 4.69) is 15.3 Å². The predicted octanol–water partition coefficient (Wildman–Crippen LogP) is 4.81. The molecule has 0 saturated carbocycles. The van der Waals surface area contributed by atoms with Crippen LogP contribution in [0.15, 0.2) is 41.2 Å². The van der Waals surface area contributed by atoms with E-state index in [0.717, 1.165) is 15.2 Å². The molecule has 2 aromatic carbocycles. The Kier molecular flexibility index (Phi) is 5.78. The van der Waals surface area contributed by atoms with Gasteiger partial charge in [0.05, 0.1) is 44.5 Å². The number of carbonyl (C=O) groups is 1. The van der Waals surface area contributed by atoms with Gasteiger partial charge in [0, 0.05) is 17.1 Å². The van der Waals surface area contributed by atoms with E-state index in [1.807, 2.05) is 12.3 Å². The number of rotatable bonds is 7. The van der Waals surface area contributed by atoms with Crippen molar-refractivity contribution in [2.45, 2.75) is 13.5 Å². The molecule has 11 heteroatoms. The van der Waals surface area contributed by atoms with Crippen LogP contribution < -0.4 is 14.8 Å². The third-order valence-electron chi connectivity index (χ3n) is 4.34. The molecule has 31 heavy (non-hydrogen) atoms. The molecule has 0 unspecified atom stereocenters. The number of benzene rings is 2. The van der Waals surface area contributed by atoms with Crippen molar-refractivity contribution in [1.29, 1.82) is 0 Å². The molecule has 1 amide bonds. The second-order valence-electron chi connectivity index (χ2n) is 6.42. The zero-order valence-electron chi connectivity index (χ0n) is 16.4. The first kappa shape index (κ1) is 20.7. The monoisotopic (exact) mass is 456 g/mol. The predicted molar refractivity (Wildman–Crippen MR) is 118 cm³/mol. The Labute approximate surface area is 184 Å². The first-order valence-electron chi connectivity index (χ1n) is 8.99. The molecule has 0 aliphatic heterocycles. The molecule has 0 fully saturated rings. The van der Waals surface area contributed by atoms with E-state index in [1.54, 1.807) is 23.7 Å². The summed E-state index contributed by atoms with van der Waals surface area (Å²) in [7, 11) is 1.40. The zero-order valence-corrected chi connectivity index (χ0v) is 18.1. The summed E-state index contributed by atoms with van der Waals surface area (Å²) in [6.07, 6.45) is 0. The Morgan fingerprint density at radius 3 is 2.81 bits per heavy atom. The number of nitro benzene ring substituents is 1. The largest absolute Gasteiger partial charge is 0.493 e. The molecule has 0 bridgehead atoms. The molecule has 0 atom stereocenters. The van der Waals surface area contributed by atoms with Gasteiger partial charge in [-0.15, -0.1) is 22.7 Å². The van der Waals surface area contributed by atoms with E-state index in [4.69, 9.17) is 9.47 Å². The molecule has 9 nitrogen and oxygen atoms in total. The van der Waals surface area contributed by atoms with E-state index in [1.165, 1.54) is 41.9 Å². The molecule has 0 saturated heterocycles. The molecule has 4 rings (SSSR count). The Hall–Kier alpha value is -3.57. The number of anilines is 1. The number of aromatic nitrogens is 2. The third-order valence-corrected chi connectivity index (χ3v) is 5.90. The molecule has 0 aliphatic carbocycles. The van der Waals surface area contributed by atoms with Gasteiger partial charge in [-0.1, -0.05) is 0 Å². The van der Waals surface area contributed by atoms with Gasteiger partial charge >= 0.3 is 0 Å². The minimum absolute atomic E-state index is 0.122. The van der Waals surface area contributed by atoms with Crippen molar-refractivity contribution in [2.75, 3.05) is 12.4 Å². The minimum Gasteiger partial charge on any atom is -0.493 e. The molecule has 0 aliphatic rings. The maximum Gasteiger partial charge on any atom is 0.286 e. The fourth-order valence-corrected chi connectivity index (χ4v) is 4.34. The summed E-state index contributed by atoms with van der Waals surface area (Å²) in [5.41, 5.74) is 3.17. The van der Waals surface area contributed by atoms with Gasteiger partial charge in [0.25, 0.3) is 11.6 Å². The van der Waals surface area contributed by atoms with Gasteiger partial charge in [-0.05, 0) is 25.1 Å². The van der Waals surface area contributed by atoms with Gasteiger partial charge in [0.15, 0.2) is 11.5 Å². The number of ether oxygens (including phenoxy) is 2. The fourth-order valence-electron chi connectivity index (χ4n) is 2.93. The van der Waals surface area contributed by atoms with Crippen LogP contribution in [0.5, 0.6) is 11.5 Å². The molecule has 0 radical (unpaired) electrons. The van der Waals surface area contributed by atoms with Crippen LogP contribution in [0.25, 0.3) is 10.2 Å². The standard InChI is InChI=1S/C20H16N4O5S2/c1-11-22-15-4-3-12(5-19(15)31-11)23-20(25)14-6-17(28-2)18(7-16(14)24(26)27)29-8-13-9-30-10-21-13/h3-7,9-10H,8H2,1-2H3,(H,23,25). The van der Waals surface area contributed by atoms with Gasteiger partial charge in [-0.3, -0.25) is 14.9 Å². The number of aryl methyl sites for hydroxylation is 1. The maximum atomic E-state index is 12.9. The van der Waals surface area contributed by atoms with Crippen LogP contribution in [0.4, 0.5) is 11.4 Å². The SMILES string of the molecule is COc1cc(C(=O)Nc2ccc3nc(C)sc3c2)c([N+](=O)[O-])cc1OCc1cscn1. The molecule has 0 spiro atoms. The van der Waals surface area contributed by atoms with Crippen LogP contribution in [0.3, 0.4) is 0 Å². The Morgan fingerprint density at radius 2 is 2.10 bits per heavy atom. The summed E-state index contributed by atoms with van der Waals surface area (Å²) in [6, 6.07) is 7.77.